The molecule has 0 aromatic carbocycles. The van der Waals surface area contributed by atoms with Gasteiger partial charge in [-0.2, -0.15) is 0 Å². The average Bonchev–Trinajstić information content (AvgIpc) is 1.00. The van der Waals surface area contributed by atoms with Crippen molar-refractivity contribution in [2.24, 2.45) is 0 Å². The number of halogens is 1. The normalized spacial score (nSPS) is 1.25. The van der Waals surface area contributed by atoms with Crippen molar-refractivity contribution in [1.29, 1.82) is 0 Å². The van der Waals surface area contributed by atoms with E-state index in [4.69, 9.17) is 3.83 Å². The van der Waals surface area contributed by atoms with Crippen LogP contribution in [0.25, 0.3) is 0 Å². The molecule has 4 heteroatoms. The summed E-state index contributed by atoms with van der Waals surface area (Å²) in [5, 5.41) is 0. The summed E-state index contributed by atoms with van der Waals surface area (Å²) >= 11 is 2.00. The molecular weight excluding hydrogens is 132 g/mol. The Balaban J connectivity index is -0.00000000500. The first kappa shape index (κ1) is 18.2. The molecule has 0 fully saturated rings. The second-order valence-electron chi connectivity index (χ2n) is 0. The van der Waals surface area contributed by atoms with Crippen molar-refractivity contribution in [3.8, 4) is 0 Å². The molecule has 0 rings (SSSR count). The van der Waals surface area contributed by atoms with Crippen LogP contribution in [0, 0.1) is 0 Å². The molecule has 0 amide bonds. The summed E-state index contributed by atoms with van der Waals surface area (Å²) in [4.78, 5) is 0. The van der Waals surface area contributed by atoms with Gasteiger partial charge in [0.25, 0.3) is 0 Å². The van der Waals surface area contributed by atoms with E-state index in [-0.39, 0.29) is 35.5 Å². The first-order valence-corrected chi connectivity index (χ1v) is 0.595. The third kappa shape index (κ3) is 10.1. The molecule has 0 spiro atoms. The SMILES string of the molecule is Cl.[MgH2].[O]=[Fe]. The zero-order valence-electron chi connectivity index (χ0n) is 1.17. The van der Waals surface area contributed by atoms with Crippen molar-refractivity contribution in [3.63, 3.8) is 0 Å². The minimum atomic E-state index is 0. The van der Waals surface area contributed by atoms with Gasteiger partial charge in [-0.3, -0.25) is 0 Å². The third-order valence-corrected chi connectivity index (χ3v) is 0. The van der Waals surface area contributed by atoms with Crippen LogP contribution in [-0.4, -0.2) is 23.1 Å². The predicted octanol–water partition coefficient (Wildman–Crippen LogP) is -0.616. The van der Waals surface area contributed by atoms with Gasteiger partial charge in [0, 0.05) is 0 Å². The molecule has 0 heterocycles. The van der Waals surface area contributed by atoms with Gasteiger partial charge in [0.1, 0.15) is 0 Å². The van der Waals surface area contributed by atoms with Crippen molar-refractivity contribution in [3.05, 3.63) is 0 Å². The number of rotatable bonds is 0. The summed E-state index contributed by atoms with van der Waals surface area (Å²) < 4.78 is 8.00. The summed E-state index contributed by atoms with van der Waals surface area (Å²) in [5.41, 5.74) is 0. The molecule has 26 valence electrons. The monoisotopic (exact) mass is 134 g/mol. The Bertz CT molecular complexity index is 8.00. The Morgan fingerprint density at radius 2 is 1.25 bits per heavy atom. The van der Waals surface area contributed by atoms with E-state index in [0.29, 0.717) is 0 Å². The summed E-state index contributed by atoms with van der Waals surface area (Å²) in [7, 11) is 0. The van der Waals surface area contributed by atoms with Crippen molar-refractivity contribution in [2.75, 3.05) is 0 Å². The molecule has 0 aliphatic heterocycles. The van der Waals surface area contributed by atoms with Crippen LogP contribution >= 0.6 is 12.4 Å². The maximum absolute atomic E-state index is 8.00. The molecule has 0 atom stereocenters. The van der Waals surface area contributed by atoms with E-state index in [9.17, 15) is 0 Å². The molecule has 1 nitrogen and oxygen atoms in total. The van der Waals surface area contributed by atoms with Crippen molar-refractivity contribution in [2.45, 2.75) is 0 Å². The Morgan fingerprint density at radius 1 is 1.25 bits per heavy atom. The predicted molar refractivity (Wildman–Crippen MR) is 16.5 cm³/mol. The van der Waals surface area contributed by atoms with E-state index in [1.165, 1.54) is 0 Å². The molecule has 0 aromatic rings. The van der Waals surface area contributed by atoms with E-state index >= 15 is 0 Å². The fraction of sp³-hybridized carbons (Fsp3) is 0. The topological polar surface area (TPSA) is 17.1 Å². The van der Waals surface area contributed by atoms with E-state index in [1.54, 1.807) is 0 Å². The van der Waals surface area contributed by atoms with Gasteiger partial charge in [0.05, 0.1) is 0 Å². The van der Waals surface area contributed by atoms with Crippen LogP contribution in [0.4, 0.5) is 0 Å². The second-order valence-corrected chi connectivity index (χ2v) is 0. The maximum atomic E-state index is 8.00. The Hall–Kier alpha value is 1.38. The van der Waals surface area contributed by atoms with Gasteiger partial charge in [0.2, 0.25) is 0 Å². The van der Waals surface area contributed by atoms with E-state index < -0.39 is 0 Å². The van der Waals surface area contributed by atoms with Gasteiger partial charge < -0.3 is 0 Å². The van der Waals surface area contributed by atoms with Crippen molar-refractivity contribution < 1.29 is 19.8 Å². The molecule has 0 saturated heterocycles. The Morgan fingerprint density at radius 3 is 1.25 bits per heavy atom. The van der Waals surface area contributed by atoms with E-state index in [0.717, 1.165) is 0 Å². The van der Waals surface area contributed by atoms with Gasteiger partial charge in [-0.25, -0.2) is 0 Å². The van der Waals surface area contributed by atoms with Crippen LogP contribution in [0.3, 0.4) is 0 Å². The molecule has 0 bridgehead atoms. The molecule has 0 N–H and O–H groups in total. The summed E-state index contributed by atoms with van der Waals surface area (Å²) in [6.45, 7) is 0. The van der Waals surface area contributed by atoms with Crippen LogP contribution in [0.1, 0.15) is 0 Å². The third-order valence-electron chi connectivity index (χ3n) is 0. The summed E-state index contributed by atoms with van der Waals surface area (Å²) in [6.07, 6.45) is 0. The second kappa shape index (κ2) is 26.3. The van der Waals surface area contributed by atoms with Gasteiger partial charge in [0.15, 0.2) is 0 Å². The van der Waals surface area contributed by atoms with E-state index in [1.807, 2.05) is 15.9 Å². The zero-order valence-corrected chi connectivity index (χ0v) is 3.09. The molecule has 4 heavy (non-hydrogen) atoms. The van der Waals surface area contributed by atoms with Crippen LogP contribution in [0.5, 0.6) is 0 Å². The molecular formula is H3ClFeMgO. The fourth-order valence-corrected chi connectivity index (χ4v) is 0. The average molecular weight is 135 g/mol. The molecule has 0 aliphatic rings. The molecule has 0 unspecified atom stereocenters. The summed E-state index contributed by atoms with van der Waals surface area (Å²) in [5.74, 6) is 0. The quantitative estimate of drug-likeness (QED) is 0.404. The van der Waals surface area contributed by atoms with Gasteiger partial charge in [-0.15, -0.1) is 12.4 Å². The minimum absolute atomic E-state index is 0. The van der Waals surface area contributed by atoms with Crippen molar-refractivity contribution >= 4 is 35.5 Å². The van der Waals surface area contributed by atoms with Gasteiger partial charge in [-0.1, -0.05) is 0 Å². The zero-order chi connectivity index (χ0) is 2.00. The molecule has 0 radical (unpaired) electrons. The van der Waals surface area contributed by atoms with Gasteiger partial charge >= 0.3 is 42.8 Å². The first-order valence-electron chi connectivity index (χ1n) is 0.144. The van der Waals surface area contributed by atoms with Crippen LogP contribution in [-0.2, 0) is 19.8 Å². The Labute approximate surface area is 55.1 Å². The molecule has 0 aliphatic carbocycles. The first-order chi connectivity index (χ1) is 1.00. The number of hydrogen-bond donors (Lipinski definition) is 0. The van der Waals surface area contributed by atoms with Crippen LogP contribution in [0.2, 0.25) is 0 Å². The van der Waals surface area contributed by atoms with E-state index in [2.05, 4.69) is 0 Å². The van der Waals surface area contributed by atoms with Gasteiger partial charge in [-0.05, 0) is 0 Å². The standard InChI is InChI=1S/ClH.Fe.Mg.O.2H/h1H;;;;;. The van der Waals surface area contributed by atoms with Crippen molar-refractivity contribution in [1.82, 2.24) is 0 Å². The molecule has 0 aromatic heterocycles. The van der Waals surface area contributed by atoms with Crippen LogP contribution < -0.4 is 0 Å². The number of hydrogen-bond acceptors (Lipinski definition) is 1. The van der Waals surface area contributed by atoms with Crippen LogP contribution in [0.15, 0.2) is 0 Å². The fourth-order valence-electron chi connectivity index (χ4n) is 0. The molecule has 0 saturated carbocycles. The Kier molecular flexibility index (Phi) is 120. The summed E-state index contributed by atoms with van der Waals surface area (Å²) in [6, 6.07) is 0.